The molecule has 1 aromatic heterocycles. The van der Waals surface area contributed by atoms with Crippen LogP contribution in [-0.2, 0) is 12.5 Å². The van der Waals surface area contributed by atoms with E-state index >= 15 is 0 Å². The molecule has 1 aromatic carbocycles. The molecule has 1 aliphatic rings. The lowest BCUT2D eigenvalue weighted by Gasteiger charge is -2.21. The number of nitrogens with one attached hydrogen (secondary N) is 1. The van der Waals surface area contributed by atoms with Crippen molar-refractivity contribution in [3.63, 3.8) is 0 Å². The molecule has 0 saturated heterocycles. The molecular weight excluding hydrogens is 401 g/mol. The van der Waals surface area contributed by atoms with Crippen LogP contribution in [0.4, 0.5) is 5.69 Å². The maximum absolute atomic E-state index is 12.6. The van der Waals surface area contributed by atoms with Crippen molar-refractivity contribution in [3.05, 3.63) is 44.3 Å². The Balaban J connectivity index is 2.01. The molecule has 23 heavy (non-hydrogen) atoms. The molecule has 0 aliphatic heterocycles. The number of fused-ring (bicyclic) bond motifs is 1. The van der Waals surface area contributed by atoms with Gasteiger partial charge in [0.2, 0.25) is 0 Å². The van der Waals surface area contributed by atoms with E-state index in [0.717, 1.165) is 17.8 Å². The largest absolute Gasteiger partial charge is 0.322 e. The molecule has 0 saturated carbocycles. The summed E-state index contributed by atoms with van der Waals surface area (Å²) < 4.78 is 2.96. The minimum Gasteiger partial charge on any atom is -0.322 e. The fourth-order valence-corrected chi connectivity index (χ4v) is 5.08. The lowest BCUT2D eigenvalue weighted by molar-refractivity contribution is 0.102. The van der Waals surface area contributed by atoms with E-state index in [2.05, 4.69) is 59.8 Å². The molecule has 0 spiro atoms. The number of rotatable bonds is 2. The first kappa shape index (κ1) is 16.5. The molecule has 1 amide bonds. The van der Waals surface area contributed by atoms with Gasteiger partial charge in [-0.1, -0.05) is 20.8 Å². The monoisotopic (exact) mass is 423 g/mol. The number of nitrogens with zero attached hydrogens (tertiary/aromatic N) is 2. The zero-order valence-corrected chi connectivity index (χ0v) is 16.4. The Kier molecular flexibility index (Phi) is 4.02. The van der Waals surface area contributed by atoms with Gasteiger partial charge in [0.25, 0.3) is 5.91 Å². The van der Waals surface area contributed by atoms with E-state index in [1.54, 1.807) is 10.9 Å². The third-order valence-corrected chi connectivity index (χ3v) is 5.59. The van der Waals surface area contributed by atoms with Crippen LogP contribution in [0, 0.1) is 10.5 Å². The number of hydrogen-bond donors (Lipinski definition) is 1. The topological polar surface area (TPSA) is 46.9 Å². The van der Waals surface area contributed by atoms with Crippen LogP contribution in [0.15, 0.2) is 18.3 Å². The summed E-state index contributed by atoms with van der Waals surface area (Å²) in [6.07, 6.45) is 2.88. The van der Waals surface area contributed by atoms with Gasteiger partial charge in [0, 0.05) is 22.5 Å². The van der Waals surface area contributed by atoms with Crippen molar-refractivity contribution in [1.29, 1.82) is 0 Å². The highest BCUT2D eigenvalue weighted by Crippen LogP contribution is 2.50. The van der Waals surface area contributed by atoms with E-state index in [4.69, 9.17) is 0 Å². The quantitative estimate of drug-likeness (QED) is 0.730. The standard InChI is InChI=1S/C18H22IN3O/c1-10-8-18(3,4)16-13(19)6-7-14(15(10)16)20-17(23)12-9-22(5)21-11(12)2/h6-7,9-10H,8H2,1-5H3,(H,20,23). The van der Waals surface area contributed by atoms with Crippen molar-refractivity contribution in [2.24, 2.45) is 7.05 Å². The van der Waals surface area contributed by atoms with Gasteiger partial charge in [-0.25, -0.2) is 0 Å². The Morgan fingerprint density at radius 2 is 2.13 bits per heavy atom. The predicted octanol–water partition coefficient (Wildman–Crippen LogP) is 4.37. The smallest absolute Gasteiger partial charge is 0.259 e. The predicted molar refractivity (Wildman–Crippen MR) is 101 cm³/mol. The first-order valence-electron chi connectivity index (χ1n) is 7.85. The average Bonchev–Trinajstić information content (AvgIpc) is 2.89. The molecule has 0 radical (unpaired) electrons. The zero-order chi connectivity index (χ0) is 16.9. The van der Waals surface area contributed by atoms with Crippen LogP contribution >= 0.6 is 22.6 Å². The van der Waals surface area contributed by atoms with E-state index in [-0.39, 0.29) is 11.3 Å². The summed E-state index contributed by atoms with van der Waals surface area (Å²) in [6, 6.07) is 4.13. The van der Waals surface area contributed by atoms with E-state index in [0.29, 0.717) is 11.5 Å². The summed E-state index contributed by atoms with van der Waals surface area (Å²) in [5.74, 6) is 0.357. The number of amides is 1. The minimum atomic E-state index is -0.0871. The van der Waals surface area contributed by atoms with Gasteiger partial charge in [-0.05, 0) is 70.5 Å². The van der Waals surface area contributed by atoms with Crippen LogP contribution in [-0.4, -0.2) is 15.7 Å². The Hall–Kier alpha value is -1.37. The van der Waals surface area contributed by atoms with Crippen molar-refractivity contribution < 1.29 is 4.79 Å². The fraction of sp³-hybridized carbons (Fsp3) is 0.444. The van der Waals surface area contributed by atoms with Crippen LogP contribution in [0.1, 0.15) is 60.3 Å². The number of aryl methyl sites for hydroxylation is 2. The Labute approximate surface area is 150 Å². The van der Waals surface area contributed by atoms with E-state index in [1.807, 2.05) is 20.0 Å². The van der Waals surface area contributed by atoms with Crippen molar-refractivity contribution in [2.45, 2.75) is 45.4 Å². The second-order valence-electron chi connectivity index (χ2n) is 7.13. The Morgan fingerprint density at radius 3 is 2.74 bits per heavy atom. The van der Waals surface area contributed by atoms with Crippen molar-refractivity contribution in [2.75, 3.05) is 5.32 Å². The highest BCUT2D eigenvalue weighted by atomic mass is 127. The minimum absolute atomic E-state index is 0.0871. The van der Waals surface area contributed by atoms with Crippen LogP contribution in [0.5, 0.6) is 0 Å². The lowest BCUT2D eigenvalue weighted by Crippen LogP contribution is -2.16. The molecule has 5 heteroatoms. The third kappa shape index (κ3) is 2.79. The molecule has 1 atom stereocenters. The normalized spacial score (nSPS) is 18.8. The van der Waals surface area contributed by atoms with Crippen molar-refractivity contribution >= 4 is 34.2 Å². The van der Waals surface area contributed by atoms with Crippen LogP contribution in [0.25, 0.3) is 0 Å². The number of anilines is 1. The van der Waals surface area contributed by atoms with Crippen LogP contribution in [0.3, 0.4) is 0 Å². The second kappa shape index (κ2) is 5.61. The van der Waals surface area contributed by atoms with Gasteiger partial charge in [-0.15, -0.1) is 0 Å². The number of benzene rings is 1. The lowest BCUT2D eigenvalue weighted by atomic mass is 9.86. The van der Waals surface area contributed by atoms with Gasteiger partial charge >= 0.3 is 0 Å². The summed E-state index contributed by atoms with van der Waals surface area (Å²) in [4.78, 5) is 12.6. The molecular formula is C18H22IN3O. The van der Waals surface area contributed by atoms with E-state index in [1.165, 1.54) is 14.7 Å². The van der Waals surface area contributed by atoms with Gasteiger partial charge in [-0.2, -0.15) is 5.10 Å². The first-order valence-corrected chi connectivity index (χ1v) is 8.93. The van der Waals surface area contributed by atoms with Crippen LogP contribution < -0.4 is 5.32 Å². The highest BCUT2D eigenvalue weighted by molar-refractivity contribution is 14.1. The highest BCUT2D eigenvalue weighted by Gasteiger charge is 2.38. The maximum atomic E-state index is 12.6. The van der Waals surface area contributed by atoms with Gasteiger partial charge < -0.3 is 5.32 Å². The molecule has 1 unspecified atom stereocenters. The molecule has 0 fully saturated rings. The summed E-state index contributed by atoms with van der Waals surface area (Å²) in [7, 11) is 1.83. The SMILES string of the molecule is Cc1nn(C)cc1C(=O)Nc1ccc(I)c2c1C(C)CC2(C)C. The number of hydrogen-bond acceptors (Lipinski definition) is 2. The van der Waals surface area contributed by atoms with E-state index in [9.17, 15) is 4.79 Å². The van der Waals surface area contributed by atoms with Gasteiger partial charge in [0.05, 0.1) is 11.3 Å². The fourth-order valence-electron chi connectivity index (χ4n) is 3.88. The van der Waals surface area contributed by atoms with E-state index < -0.39 is 0 Å². The third-order valence-electron chi connectivity index (χ3n) is 4.69. The molecule has 0 bridgehead atoms. The number of halogens is 1. The summed E-state index contributed by atoms with van der Waals surface area (Å²) in [5.41, 5.74) is 5.14. The zero-order valence-electron chi connectivity index (χ0n) is 14.2. The molecule has 4 nitrogen and oxygen atoms in total. The van der Waals surface area contributed by atoms with Crippen molar-refractivity contribution in [1.82, 2.24) is 9.78 Å². The number of aromatic nitrogens is 2. The van der Waals surface area contributed by atoms with Crippen LogP contribution in [0.2, 0.25) is 0 Å². The Morgan fingerprint density at radius 1 is 1.43 bits per heavy atom. The Bertz CT molecular complexity index is 792. The number of carbonyl (C=O) groups excluding carboxylic acids is 1. The molecule has 2 aromatic rings. The summed E-state index contributed by atoms with van der Waals surface area (Å²) in [6.45, 7) is 8.68. The van der Waals surface area contributed by atoms with Gasteiger partial charge in [0.1, 0.15) is 0 Å². The van der Waals surface area contributed by atoms with Crippen molar-refractivity contribution in [3.8, 4) is 0 Å². The molecule has 1 N–H and O–H groups in total. The summed E-state index contributed by atoms with van der Waals surface area (Å²) in [5, 5.41) is 7.37. The second-order valence-corrected chi connectivity index (χ2v) is 8.29. The molecule has 122 valence electrons. The van der Waals surface area contributed by atoms with Gasteiger partial charge in [0.15, 0.2) is 0 Å². The average molecular weight is 423 g/mol. The molecule has 1 aliphatic carbocycles. The van der Waals surface area contributed by atoms with Gasteiger partial charge in [-0.3, -0.25) is 9.48 Å². The maximum Gasteiger partial charge on any atom is 0.259 e. The molecule has 1 heterocycles. The summed E-state index contributed by atoms with van der Waals surface area (Å²) >= 11 is 2.41. The molecule has 3 rings (SSSR count). The first-order chi connectivity index (χ1) is 10.7. The number of carbonyl (C=O) groups is 1.